The van der Waals surface area contributed by atoms with Crippen molar-refractivity contribution in [2.45, 2.75) is 17.7 Å². The van der Waals surface area contributed by atoms with Crippen LogP contribution in [0, 0.1) is 0 Å². The first-order valence-electron chi connectivity index (χ1n) is 8.62. The molecule has 1 amide bonds. The highest BCUT2D eigenvalue weighted by atomic mass is 35.5. The Labute approximate surface area is 168 Å². The number of hydrogen-bond acceptors (Lipinski definition) is 5. The van der Waals surface area contributed by atoms with Gasteiger partial charge in [0.15, 0.2) is 0 Å². The Morgan fingerprint density at radius 1 is 1.11 bits per heavy atom. The van der Waals surface area contributed by atoms with Gasteiger partial charge in [-0.3, -0.25) is 4.79 Å². The monoisotopic (exact) mass is 422 g/mol. The first-order chi connectivity index (χ1) is 13.3. The number of benzene rings is 2. The molecular weight excluding hydrogens is 404 g/mol. The summed E-state index contributed by atoms with van der Waals surface area (Å²) in [6.45, 7) is 0.972. The van der Waals surface area contributed by atoms with Crippen LogP contribution in [0.15, 0.2) is 47.4 Å². The Morgan fingerprint density at radius 3 is 2.50 bits per heavy atom. The molecule has 1 saturated heterocycles. The number of sulfonamides is 1. The van der Waals surface area contributed by atoms with E-state index < -0.39 is 21.9 Å². The molecule has 1 aliphatic heterocycles. The molecule has 0 aromatic heterocycles. The molecule has 0 atom stereocenters. The minimum Gasteiger partial charge on any atom is -0.465 e. The van der Waals surface area contributed by atoms with E-state index in [1.807, 2.05) is 0 Å². The van der Waals surface area contributed by atoms with E-state index in [2.05, 4.69) is 10.1 Å². The van der Waals surface area contributed by atoms with Crippen molar-refractivity contribution in [3.05, 3.63) is 58.6 Å². The highest BCUT2D eigenvalue weighted by molar-refractivity contribution is 7.89. The second-order valence-corrected chi connectivity index (χ2v) is 8.62. The third kappa shape index (κ3) is 4.19. The van der Waals surface area contributed by atoms with E-state index in [1.54, 1.807) is 0 Å². The van der Waals surface area contributed by atoms with E-state index in [9.17, 15) is 18.0 Å². The van der Waals surface area contributed by atoms with E-state index in [0.717, 1.165) is 12.8 Å². The SMILES string of the molecule is COC(=O)c1cc(NC(=O)c2cccc(S(=O)(=O)N3CCCC3)c2)ccc1Cl. The number of hydrogen-bond donors (Lipinski definition) is 1. The number of methoxy groups -OCH3 is 1. The molecule has 0 aliphatic carbocycles. The van der Waals surface area contributed by atoms with Gasteiger partial charge < -0.3 is 10.1 Å². The minimum atomic E-state index is -3.62. The van der Waals surface area contributed by atoms with Crippen molar-refractivity contribution in [3.63, 3.8) is 0 Å². The Balaban J connectivity index is 1.83. The van der Waals surface area contributed by atoms with Crippen molar-refractivity contribution in [2.75, 3.05) is 25.5 Å². The summed E-state index contributed by atoms with van der Waals surface area (Å²) in [6, 6.07) is 10.3. The maximum atomic E-state index is 12.7. The number of nitrogens with zero attached hydrogens (tertiary/aromatic N) is 1. The second kappa shape index (κ2) is 8.30. The number of nitrogens with one attached hydrogen (secondary N) is 1. The molecule has 1 N–H and O–H groups in total. The summed E-state index contributed by atoms with van der Waals surface area (Å²) < 4.78 is 31.5. The van der Waals surface area contributed by atoms with E-state index in [1.165, 1.54) is 53.9 Å². The summed E-state index contributed by atoms with van der Waals surface area (Å²) >= 11 is 5.97. The number of rotatable bonds is 5. The number of halogens is 1. The molecular formula is C19H19ClN2O5S. The Hall–Kier alpha value is -2.42. The molecule has 1 aliphatic rings. The van der Waals surface area contributed by atoms with Crippen LogP contribution in [0.3, 0.4) is 0 Å². The summed E-state index contributed by atoms with van der Waals surface area (Å²) in [6.07, 6.45) is 1.66. The van der Waals surface area contributed by atoms with Crippen molar-refractivity contribution in [2.24, 2.45) is 0 Å². The lowest BCUT2D eigenvalue weighted by Crippen LogP contribution is -2.28. The Kier molecular flexibility index (Phi) is 6.02. The molecule has 0 unspecified atom stereocenters. The molecule has 0 radical (unpaired) electrons. The summed E-state index contributed by atoms with van der Waals surface area (Å²) in [4.78, 5) is 24.4. The molecule has 28 heavy (non-hydrogen) atoms. The van der Waals surface area contributed by atoms with E-state index >= 15 is 0 Å². The number of carbonyl (C=O) groups is 2. The van der Waals surface area contributed by atoms with Gasteiger partial charge in [-0.25, -0.2) is 13.2 Å². The number of carbonyl (C=O) groups excluding carboxylic acids is 2. The van der Waals surface area contributed by atoms with Crippen LogP contribution in [0.1, 0.15) is 33.6 Å². The van der Waals surface area contributed by atoms with E-state index in [-0.39, 0.29) is 21.0 Å². The van der Waals surface area contributed by atoms with Crippen molar-refractivity contribution in [3.8, 4) is 0 Å². The smallest absolute Gasteiger partial charge is 0.339 e. The van der Waals surface area contributed by atoms with E-state index in [4.69, 9.17) is 11.6 Å². The fourth-order valence-corrected chi connectivity index (χ4v) is 4.71. The molecule has 0 saturated carbocycles. The molecule has 148 valence electrons. The third-order valence-corrected chi connectivity index (χ3v) is 6.65. The topological polar surface area (TPSA) is 92.8 Å². The maximum Gasteiger partial charge on any atom is 0.339 e. The van der Waals surface area contributed by atoms with Crippen molar-refractivity contribution < 1.29 is 22.7 Å². The van der Waals surface area contributed by atoms with Gasteiger partial charge in [0.2, 0.25) is 10.0 Å². The quantitative estimate of drug-likeness (QED) is 0.747. The molecule has 0 spiro atoms. The van der Waals surface area contributed by atoms with Crippen LogP contribution < -0.4 is 5.32 Å². The number of ether oxygens (including phenoxy) is 1. The highest BCUT2D eigenvalue weighted by Crippen LogP contribution is 2.24. The van der Waals surface area contributed by atoms with Gasteiger partial charge >= 0.3 is 5.97 Å². The number of amides is 1. The van der Waals surface area contributed by atoms with Crippen molar-refractivity contribution in [1.29, 1.82) is 0 Å². The zero-order valence-corrected chi connectivity index (χ0v) is 16.7. The molecule has 9 heteroatoms. The molecule has 3 rings (SSSR count). The van der Waals surface area contributed by atoms with Crippen LogP contribution >= 0.6 is 11.6 Å². The molecule has 0 bridgehead atoms. The van der Waals surface area contributed by atoms with E-state index in [0.29, 0.717) is 18.8 Å². The number of anilines is 1. The lowest BCUT2D eigenvalue weighted by molar-refractivity contribution is 0.0600. The van der Waals surface area contributed by atoms with Gasteiger partial charge in [-0.05, 0) is 49.2 Å². The fraction of sp³-hybridized carbons (Fsp3) is 0.263. The van der Waals surface area contributed by atoms with Crippen LogP contribution in [-0.4, -0.2) is 44.8 Å². The van der Waals surface area contributed by atoms with Crippen molar-refractivity contribution >= 4 is 39.2 Å². The zero-order valence-electron chi connectivity index (χ0n) is 15.1. The van der Waals surface area contributed by atoms with Gasteiger partial charge in [0.25, 0.3) is 5.91 Å². The average Bonchev–Trinajstić information content (AvgIpc) is 3.24. The predicted octanol–water partition coefficient (Wildman–Crippen LogP) is 3.16. The summed E-state index contributed by atoms with van der Waals surface area (Å²) in [7, 11) is -2.39. The normalized spacial score (nSPS) is 14.6. The van der Waals surface area contributed by atoms with Gasteiger partial charge in [-0.1, -0.05) is 17.7 Å². The first kappa shape index (κ1) is 20.3. The summed E-state index contributed by atoms with van der Waals surface area (Å²) in [5.74, 6) is -1.13. The lowest BCUT2D eigenvalue weighted by atomic mass is 10.1. The van der Waals surface area contributed by atoms with Crippen LogP contribution in [0.5, 0.6) is 0 Å². The van der Waals surface area contributed by atoms with Gasteiger partial charge in [-0.2, -0.15) is 4.31 Å². The minimum absolute atomic E-state index is 0.0772. The molecule has 7 nitrogen and oxygen atoms in total. The fourth-order valence-electron chi connectivity index (χ4n) is 2.95. The van der Waals surface area contributed by atoms with Gasteiger partial charge in [0.1, 0.15) is 0 Å². The second-order valence-electron chi connectivity index (χ2n) is 6.28. The standard InChI is InChI=1S/C19H19ClN2O5S/c1-27-19(24)16-12-14(7-8-17(16)20)21-18(23)13-5-4-6-15(11-13)28(25,26)22-9-2-3-10-22/h4-8,11-12H,2-3,9-10H2,1H3,(H,21,23). The van der Waals surface area contributed by atoms with Gasteiger partial charge in [0, 0.05) is 24.3 Å². The molecule has 2 aromatic rings. The Bertz CT molecular complexity index is 1020. The molecule has 1 fully saturated rings. The van der Waals surface area contributed by atoms with Crippen LogP contribution in [0.2, 0.25) is 5.02 Å². The summed E-state index contributed by atoms with van der Waals surface area (Å²) in [5.41, 5.74) is 0.643. The maximum absolute atomic E-state index is 12.7. The van der Waals surface area contributed by atoms with Crippen molar-refractivity contribution in [1.82, 2.24) is 4.31 Å². The largest absolute Gasteiger partial charge is 0.465 e. The first-order valence-corrected chi connectivity index (χ1v) is 10.4. The van der Waals surface area contributed by atoms with Gasteiger partial charge in [-0.15, -0.1) is 0 Å². The average molecular weight is 423 g/mol. The van der Waals surface area contributed by atoms with Crippen LogP contribution in [0.4, 0.5) is 5.69 Å². The highest BCUT2D eigenvalue weighted by Gasteiger charge is 2.27. The van der Waals surface area contributed by atoms with Crippen LogP contribution in [-0.2, 0) is 14.8 Å². The predicted molar refractivity (Wildman–Crippen MR) is 105 cm³/mol. The third-order valence-electron chi connectivity index (χ3n) is 4.43. The molecule has 1 heterocycles. The lowest BCUT2D eigenvalue weighted by Gasteiger charge is -2.16. The summed E-state index contributed by atoms with van der Waals surface area (Å²) in [5, 5.41) is 2.84. The number of esters is 1. The zero-order chi connectivity index (χ0) is 20.3. The molecule has 2 aromatic carbocycles. The van der Waals surface area contributed by atoms with Gasteiger partial charge in [0.05, 0.1) is 22.6 Å². The van der Waals surface area contributed by atoms with Crippen LogP contribution in [0.25, 0.3) is 0 Å². The Morgan fingerprint density at radius 2 is 1.82 bits per heavy atom.